The van der Waals surface area contributed by atoms with Crippen LogP contribution in [0.4, 0.5) is 5.82 Å². The number of nitrogens with one attached hydrogen (secondary N) is 2. The number of hydrogen-bond donors (Lipinski definition) is 2. The predicted octanol–water partition coefficient (Wildman–Crippen LogP) is 2.91. The largest absolute Gasteiger partial charge is 0.369 e. The van der Waals surface area contributed by atoms with Crippen molar-refractivity contribution in [1.82, 2.24) is 15.5 Å². The lowest BCUT2D eigenvalue weighted by atomic mass is 10.1. The lowest BCUT2D eigenvalue weighted by molar-refractivity contribution is 0.0948. The number of aromatic nitrogens is 2. The van der Waals surface area contributed by atoms with Gasteiger partial charge in [0.15, 0.2) is 5.69 Å². The molecule has 0 fully saturated rings. The molecule has 2 N–H and O–H groups in total. The van der Waals surface area contributed by atoms with Crippen LogP contribution in [0.25, 0.3) is 0 Å². The smallest absolute Gasteiger partial charge is 0.271 e. The number of carbonyl (C=O) groups excluding carboxylic acids is 1. The first kappa shape index (κ1) is 16.9. The highest BCUT2D eigenvalue weighted by Crippen LogP contribution is 2.05. The molecule has 1 aromatic heterocycles. The quantitative estimate of drug-likeness (QED) is 0.786. The molecule has 122 valence electrons. The Bertz CT molecular complexity index is 596. The Morgan fingerprint density at radius 2 is 1.83 bits per heavy atom. The fourth-order valence-electron chi connectivity index (χ4n) is 2.09. The average molecular weight is 312 g/mol. The monoisotopic (exact) mass is 312 g/mol. The van der Waals surface area contributed by atoms with Gasteiger partial charge in [0.2, 0.25) is 0 Å². The van der Waals surface area contributed by atoms with Crippen molar-refractivity contribution in [3.63, 3.8) is 0 Å². The fourth-order valence-corrected chi connectivity index (χ4v) is 2.09. The molecule has 0 aliphatic carbocycles. The topological polar surface area (TPSA) is 66.9 Å². The second kappa shape index (κ2) is 8.88. The Morgan fingerprint density at radius 3 is 2.48 bits per heavy atom. The van der Waals surface area contributed by atoms with Gasteiger partial charge in [-0.3, -0.25) is 4.79 Å². The molecule has 0 saturated carbocycles. The number of hydrogen-bond acceptors (Lipinski definition) is 4. The van der Waals surface area contributed by atoms with Crippen LogP contribution in [0.5, 0.6) is 0 Å². The minimum absolute atomic E-state index is 0.192. The Kier molecular flexibility index (Phi) is 6.54. The summed E-state index contributed by atoms with van der Waals surface area (Å²) in [5.74, 6) is 1.15. The van der Waals surface area contributed by atoms with E-state index in [4.69, 9.17) is 0 Å². The van der Waals surface area contributed by atoms with E-state index < -0.39 is 0 Å². The summed E-state index contributed by atoms with van der Waals surface area (Å²) in [7, 11) is 0. The van der Waals surface area contributed by atoms with E-state index in [1.165, 1.54) is 5.56 Å². The van der Waals surface area contributed by atoms with Crippen LogP contribution in [0.15, 0.2) is 42.5 Å². The van der Waals surface area contributed by atoms with Crippen LogP contribution in [0.1, 0.15) is 36.3 Å². The van der Waals surface area contributed by atoms with Crippen molar-refractivity contribution in [1.29, 1.82) is 0 Å². The lowest BCUT2D eigenvalue weighted by Gasteiger charge is -2.08. The third-order valence-electron chi connectivity index (χ3n) is 3.47. The Labute approximate surface area is 137 Å². The van der Waals surface area contributed by atoms with E-state index in [0.717, 1.165) is 19.4 Å². The highest BCUT2D eigenvalue weighted by Gasteiger charge is 2.07. The van der Waals surface area contributed by atoms with Crippen LogP contribution in [0.3, 0.4) is 0 Å². The molecule has 2 aromatic rings. The second-order valence-electron chi connectivity index (χ2n) is 5.90. The molecular weight excluding hydrogens is 288 g/mol. The second-order valence-corrected chi connectivity index (χ2v) is 5.90. The molecule has 2 rings (SSSR count). The highest BCUT2D eigenvalue weighted by molar-refractivity contribution is 5.92. The van der Waals surface area contributed by atoms with Gasteiger partial charge in [-0.2, -0.15) is 0 Å². The molecule has 0 aliphatic rings. The van der Waals surface area contributed by atoms with E-state index >= 15 is 0 Å². The molecular formula is C18H24N4O. The zero-order valence-corrected chi connectivity index (χ0v) is 13.7. The lowest BCUT2D eigenvalue weighted by Crippen LogP contribution is -2.26. The summed E-state index contributed by atoms with van der Waals surface area (Å²) in [6, 6.07) is 13.5. The summed E-state index contributed by atoms with van der Waals surface area (Å²) in [6.45, 7) is 5.79. The van der Waals surface area contributed by atoms with Gasteiger partial charge in [0.05, 0.1) is 0 Å². The number of amides is 1. The molecule has 0 atom stereocenters. The minimum atomic E-state index is -0.192. The van der Waals surface area contributed by atoms with Crippen LogP contribution in [-0.4, -0.2) is 29.2 Å². The highest BCUT2D eigenvalue weighted by atomic mass is 16.1. The van der Waals surface area contributed by atoms with Crippen LogP contribution >= 0.6 is 0 Å². The van der Waals surface area contributed by atoms with Gasteiger partial charge in [-0.15, -0.1) is 10.2 Å². The van der Waals surface area contributed by atoms with Crippen molar-refractivity contribution in [3.05, 3.63) is 53.7 Å². The van der Waals surface area contributed by atoms with Gasteiger partial charge < -0.3 is 10.6 Å². The van der Waals surface area contributed by atoms with Crippen LogP contribution < -0.4 is 10.6 Å². The summed E-state index contributed by atoms with van der Waals surface area (Å²) in [6.07, 6.45) is 1.87. The first-order valence-electron chi connectivity index (χ1n) is 8.05. The Morgan fingerprint density at radius 1 is 1.04 bits per heavy atom. The van der Waals surface area contributed by atoms with Crippen molar-refractivity contribution >= 4 is 11.7 Å². The summed E-state index contributed by atoms with van der Waals surface area (Å²) >= 11 is 0. The number of anilines is 1. The van der Waals surface area contributed by atoms with Crippen LogP contribution in [-0.2, 0) is 6.42 Å². The van der Waals surface area contributed by atoms with Gasteiger partial charge in [0, 0.05) is 13.1 Å². The molecule has 0 radical (unpaired) electrons. The fraction of sp³-hybridized carbons (Fsp3) is 0.389. The minimum Gasteiger partial charge on any atom is -0.369 e. The van der Waals surface area contributed by atoms with Crippen molar-refractivity contribution in [2.75, 3.05) is 18.4 Å². The van der Waals surface area contributed by atoms with Crippen molar-refractivity contribution in [3.8, 4) is 0 Å². The van der Waals surface area contributed by atoms with E-state index in [2.05, 4.69) is 34.7 Å². The number of carbonyl (C=O) groups is 1. The van der Waals surface area contributed by atoms with E-state index in [1.54, 1.807) is 12.1 Å². The van der Waals surface area contributed by atoms with Gasteiger partial charge in [-0.25, -0.2) is 0 Å². The molecule has 1 heterocycles. The molecule has 0 unspecified atom stereocenters. The molecule has 5 nitrogen and oxygen atoms in total. The average Bonchev–Trinajstić information content (AvgIpc) is 2.56. The van der Waals surface area contributed by atoms with Crippen LogP contribution in [0, 0.1) is 5.92 Å². The standard InChI is InChI=1S/C18H24N4O/c1-14(2)10-12-19-17-9-8-16(21-22-17)18(23)20-13-11-15-6-4-3-5-7-15/h3-9,14H,10-13H2,1-2H3,(H,19,22)(H,20,23). The third kappa shape index (κ3) is 6.06. The van der Waals surface area contributed by atoms with E-state index in [0.29, 0.717) is 24.0 Å². The van der Waals surface area contributed by atoms with Gasteiger partial charge in [-0.05, 0) is 36.5 Å². The number of nitrogens with zero attached hydrogens (tertiary/aromatic N) is 2. The molecule has 1 aromatic carbocycles. The zero-order chi connectivity index (χ0) is 16.5. The van der Waals surface area contributed by atoms with E-state index in [-0.39, 0.29) is 5.91 Å². The van der Waals surface area contributed by atoms with E-state index in [9.17, 15) is 4.79 Å². The number of benzene rings is 1. The molecule has 0 saturated heterocycles. The zero-order valence-electron chi connectivity index (χ0n) is 13.7. The van der Waals surface area contributed by atoms with Gasteiger partial charge in [0.1, 0.15) is 5.82 Å². The normalized spacial score (nSPS) is 10.6. The van der Waals surface area contributed by atoms with E-state index in [1.807, 2.05) is 30.3 Å². The summed E-state index contributed by atoms with van der Waals surface area (Å²) < 4.78 is 0. The first-order chi connectivity index (χ1) is 11.1. The SMILES string of the molecule is CC(C)CCNc1ccc(C(=O)NCCc2ccccc2)nn1. The third-order valence-corrected chi connectivity index (χ3v) is 3.47. The van der Waals surface area contributed by atoms with Crippen molar-refractivity contribution < 1.29 is 4.79 Å². The first-order valence-corrected chi connectivity index (χ1v) is 8.05. The van der Waals surface area contributed by atoms with Gasteiger partial charge in [0.25, 0.3) is 5.91 Å². The van der Waals surface area contributed by atoms with Gasteiger partial charge >= 0.3 is 0 Å². The predicted molar refractivity (Wildman–Crippen MR) is 92.5 cm³/mol. The molecule has 0 spiro atoms. The van der Waals surface area contributed by atoms with Crippen LogP contribution in [0.2, 0.25) is 0 Å². The Balaban J connectivity index is 1.76. The summed E-state index contributed by atoms with van der Waals surface area (Å²) in [4.78, 5) is 12.0. The maximum Gasteiger partial charge on any atom is 0.271 e. The number of rotatable bonds is 8. The molecule has 0 aliphatic heterocycles. The van der Waals surface area contributed by atoms with Crippen molar-refractivity contribution in [2.24, 2.45) is 5.92 Å². The summed E-state index contributed by atoms with van der Waals surface area (Å²) in [5, 5.41) is 14.1. The van der Waals surface area contributed by atoms with Gasteiger partial charge in [-0.1, -0.05) is 44.2 Å². The summed E-state index contributed by atoms with van der Waals surface area (Å²) in [5.41, 5.74) is 1.54. The molecule has 0 bridgehead atoms. The Hall–Kier alpha value is -2.43. The molecule has 23 heavy (non-hydrogen) atoms. The maximum atomic E-state index is 12.0. The molecule has 5 heteroatoms. The van der Waals surface area contributed by atoms with Crippen molar-refractivity contribution in [2.45, 2.75) is 26.7 Å². The molecule has 1 amide bonds. The maximum absolute atomic E-state index is 12.0.